The second-order valence-electron chi connectivity index (χ2n) is 15.9. The summed E-state index contributed by atoms with van der Waals surface area (Å²) in [5, 5.41) is 4.87. The van der Waals surface area contributed by atoms with E-state index in [9.17, 15) is 0 Å². The van der Waals surface area contributed by atoms with Crippen LogP contribution in [-0.2, 0) is 0 Å². The molecule has 0 aromatic heterocycles. The summed E-state index contributed by atoms with van der Waals surface area (Å²) in [6.45, 7) is 0. The van der Waals surface area contributed by atoms with E-state index >= 15 is 0 Å². The lowest BCUT2D eigenvalue weighted by atomic mass is 9.80. The zero-order valence-electron chi connectivity index (χ0n) is 34.2. The molecule has 0 aliphatic rings. The molecule has 0 aliphatic heterocycles. The summed E-state index contributed by atoms with van der Waals surface area (Å²) in [4.78, 5) is 0. The van der Waals surface area contributed by atoms with Crippen molar-refractivity contribution in [3.63, 3.8) is 0 Å². The minimum atomic E-state index is 1.19. The lowest BCUT2D eigenvalue weighted by Crippen LogP contribution is -1.96. The Morgan fingerprint density at radius 1 is 0.145 bits per heavy atom. The van der Waals surface area contributed by atoms with Gasteiger partial charge in [0.25, 0.3) is 0 Å². The van der Waals surface area contributed by atoms with Gasteiger partial charge in [-0.15, -0.1) is 0 Å². The highest BCUT2D eigenvalue weighted by Crippen LogP contribution is 2.50. The van der Waals surface area contributed by atoms with E-state index in [0.29, 0.717) is 0 Å². The Bertz CT molecular complexity index is 3130. The van der Waals surface area contributed by atoms with Gasteiger partial charge in [0.2, 0.25) is 0 Å². The van der Waals surface area contributed by atoms with Crippen LogP contribution >= 0.6 is 0 Å². The highest BCUT2D eigenvalue weighted by atomic mass is 14.3. The average molecular weight is 787 g/mol. The van der Waals surface area contributed by atoms with E-state index in [4.69, 9.17) is 0 Å². The van der Waals surface area contributed by atoms with Crippen LogP contribution in [0.5, 0.6) is 0 Å². The van der Waals surface area contributed by atoms with E-state index in [1.807, 2.05) is 0 Å². The van der Waals surface area contributed by atoms with Gasteiger partial charge in [0.15, 0.2) is 0 Å². The van der Waals surface area contributed by atoms with Crippen LogP contribution in [-0.4, -0.2) is 0 Å². The van der Waals surface area contributed by atoms with Gasteiger partial charge in [-0.05, 0) is 123 Å². The van der Waals surface area contributed by atoms with Crippen molar-refractivity contribution >= 4 is 21.5 Å². The van der Waals surface area contributed by atoms with Crippen molar-refractivity contribution in [3.05, 3.63) is 255 Å². The van der Waals surface area contributed by atoms with Crippen molar-refractivity contribution in [2.24, 2.45) is 0 Å². The van der Waals surface area contributed by atoms with E-state index in [-0.39, 0.29) is 0 Å². The van der Waals surface area contributed by atoms with E-state index in [1.165, 1.54) is 111 Å². The van der Waals surface area contributed by atoms with Gasteiger partial charge in [0, 0.05) is 0 Å². The summed E-state index contributed by atoms with van der Waals surface area (Å²) < 4.78 is 0. The molecular weight excluding hydrogens is 745 g/mol. The van der Waals surface area contributed by atoms with Crippen molar-refractivity contribution in [1.82, 2.24) is 0 Å². The molecule has 11 aromatic rings. The highest BCUT2D eigenvalue weighted by Gasteiger charge is 2.23. The maximum Gasteiger partial charge on any atom is -0.00199 e. The Kier molecular flexibility index (Phi) is 9.65. The second kappa shape index (κ2) is 16.2. The van der Waals surface area contributed by atoms with Crippen molar-refractivity contribution in [2.45, 2.75) is 0 Å². The summed E-state index contributed by atoms with van der Waals surface area (Å²) in [5.74, 6) is 0. The monoisotopic (exact) mass is 786 g/mol. The normalized spacial score (nSPS) is 11.2. The van der Waals surface area contributed by atoms with Gasteiger partial charge in [-0.3, -0.25) is 0 Å². The zero-order valence-corrected chi connectivity index (χ0v) is 34.2. The molecule has 62 heavy (non-hydrogen) atoms. The third kappa shape index (κ3) is 6.69. The quantitative estimate of drug-likeness (QED) is 0.135. The molecule has 0 saturated heterocycles. The topological polar surface area (TPSA) is 0 Å². The minimum absolute atomic E-state index is 1.19. The zero-order chi connectivity index (χ0) is 41.2. The molecular formula is C62H42. The molecule has 11 rings (SSSR count). The lowest BCUT2D eigenvalue weighted by Gasteiger charge is -2.23. The smallest absolute Gasteiger partial charge is 0.00199 e. The number of hydrogen-bond donors (Lipinski definition) is 0. The molecule has 0 atom stereocenters. The second-order valence-corrected chi connectivity index (χ2v) is 15.9. The number of benzene rings is 11. The largest absolute Gasteiger partial charge is 0.0622 e. The van der Waals surface area contributed by atoms with E-state index in [0.717, 1.165) is 0 Å². The van der Waals surface area contributed by atoms with Crippen LogP contribution in [0.4, 0.5) is 0 Å². The van der Waals surface area contributed by atoms with Gasteiger partial charge in [0.05, 0.1) is 0 Å². The summed E-state index contributed by atoms with van der Waals surface area (Å²) in [6, 6.07) is 93.1. The van der Waals surface area contributed by atoms with Crippen molar-refractivity contribution < 1.29 is 0 Å². The van der Waals surface area contributed by atoms with Crippen molar-refractivity contribution in [3.8, 4) is 89.0 Å². The molecule has 11 aromatic carbocycles. The van der Waals surface area contributed by atoms with E-state index in [1.54, 1.807) is 0 Å². The third-order valence-corrected chi connectivity index (χ3v) is 12.3. The predicted octanol–water partition coefficient (Wildman–Crippen LogP) is 17.3. The van der Waals surface area contributed by atoms with Crippen LogP contribution < -0.4 is 0 Å². The van der Waals surface area contributed by atoms with Gasteiger partial charge >= 0.3 is 0 Å². The summed E-state index contributed by atoms with van der Waals surface area (Å²) >= 11 is 0. The van der Waals surface area contributed by atoms with Gasteiger partial charge in [-0.2, -0.15) is 0 Å². The average Bonchev–Trinajstić information content (AvgIpc) is 3.36. The summed E-state index contributed by atoms with van der Waals surface area (Å²) in [6.07, 6.45) is 0. The minimum Gasteiger partial charge on any atom is -0.0622 e. The number of rotatable bonds is 8. The standard InChI is InChI=1S/C62H42/c1-5-21-43(22-6-1)49-29-13-15-33-53(49)47-37-39-57-59(41-47)61(55-35-19-17-31-51(55)45-25-9-3-10-26-45)58-40-38-48(54-34-16-14-30-50(54)44-23-7-2-8-24-44)42-60(58)62(57)56-36-20-18-32-52(56)46-27-11-4-12-28-46/h1-42H. The highest BCUT2D eigenvalue weighted by molar-refractivity contribution is 6.24. The molecule has 0 amide bonds. The number of hydrogen-bond acceptors (Lipinski definition) is 0. The number of fused-ring (bicyclic) bond motifs is 2. The van der Waals surface area contributed by atoms with E-state index < -0.39 is 0 Å². The van der Waals surface area contributed by atoms with Gasteiger partial charge in [0.1, 0.15) is 0 Å². The lowest BCUT2D eigenvalue weighted by molar-refractivity contribution is 1.58. The molecule has 0 unspecified atom stereocenters. The fourth-order valence-electron chi connectivity index (χ4n) is 9.49. The Labute approximate surface area is 363 Å². The first kappa shape index (κ1) is 37.0. The summed E-state index contributed by atoms with van der Waals surface area (Å²) in [7, 11) is 0. The Morgan fingerprint density at radius 3 is 0.661 bits per heavy atom. The molecule has 0 saturated carbocycles. The molecule has 0 heteroatoms. The molecule has 0 nitrogen and oxygen atoms in total. The van der Waals surface area contributed by atoms with Gasteiger partial charge in [-0.25, -0.2) is 0 Å². The summed E-state index contributed by atoms with van der Waals surface area (Å²) in [5.41, 5.74) is 19.3. The molecule has 0 fully saturated rings. The van der Waals surface area contributed by atoms with Crippen LogP contribution in [0.15, 0.2) is 255 Å². The molecule has 0 N–H and O–H groups in total. The Hall–Kier alpha value is -8.06. The van der Waals surface area contributed by atoms with Crippen LogP contribution in [0.1, 0.15) is 0 Å². The first-order chi connectivity index (χ1) is 30.8. The molecule has 0 heterocycles. The maximum absolute atomic E-state index is 2.46. The Morgan fingerprint density at radius 2 is 0.371 bits per heavy atom. The molecule has 290 valence electrons. The van der Waals surface area contributed by atoms with Crippen LogP contribution in [0.25, 0.3) is 111 Å². The molecule has 0 spiro atoms. The third-order valence-electron chi connectivity index (χ3n) is 12.3. The van der Waals surface area contributed by atoms with Crippen molar-refractivity contribution in [2.75, 3.05) is 0 Å². The van der Waals surface area contributed by atoms with Crippen LogP contribution in [0, 0.1) is 0 Å². The van der Waals surface area contributed by atoms with Gasteiger partial charge in [-0.1, -0.05) is 243 Å². The maximum atomic E-state index is 2.46. The van der Waals surface area contributed by atoms with Crippen molar-refractivity contribution in [1.29, 1.82) is 0 Å². The molecule has 0 aliphatic carbocycles. The predicted molar refractivity (Wildman–Crippen MR) is 265 cm³/mol. The SMILES string of the molecule is c1ccc(-c2ccccc2-c2ccc3c(-c4ccccc4-c4ccccc4)c4cc(-c5ccccc5-c5ccccc5)ccc4c(-c4ccccc4-c4ccccc4)c3c2)cc1. The van der Waals surface area contributed by atoms with Crippen LogP contribution in [0.2, 0.25) is 0 Å². The van der Waals surface area contributed by atoms with Gasteiger partial charge < -0.3 is 0 Å². The first-order valence-electron chi connectivity index (χ1n) is 21.4. The molecule has 0 radical (unpaired) electrons. The first-order valence-corrected chi connectivity index (χ1v) is 21.4. The van der Waals surface area contributed by atoms with E-state index in [2.05, 4.69) is 255 Å². The molecule has 0 bridgehead atoms. The Balaban J connectivity index is 1.29. The fraction of sp³-hybridized carbons (Fsp3) is 0. The fourth-order valence-corrected chi connectivity index (χ4v) is 9.49. The van der Waals surface area contributed by atoms with Crippen LogP contribution in [0.3, 0.4) is 0 Å².